The van der Waals surface area contributed by atoms with E-state index in [1.54, 1.807) is 23.2 Å². The number of rotatable bonds is 3. The number of thioether (sulfide) groups is 1. The van der Waals surface area contributed by atoms with Gasteiger partial charge in [-0.25, -0.2) is 4.99 Å². The van der Waals surface area contributed by atoms with Crippen molar-refractivity contribution in [3.63, 3.8) is 0 Å². The molecular formula is C16H11N5O2S2. The lowest BCUT2D eigenvalue weighted by Gasteiger charge is -2.26. The van der Waals surface area contributed by atoms with Crippen LogP contribution in [0.2, 0.25) is 0 Å². The average Bonchev–Trinajstić information content (AvgIpc) is 3.07. The highest BCUT2D eigenvalue weighted by molar-refractivity contribution is 8.27. The number of nitro groups is 1. The molecule has 0 bridgehead atoms. The molecule has 1 N–H and O–H groups in total. The lowest BCUT2D eigenvalue weighted by molar-refractivity contribution is -0.385. The van der Waals surface area contributed by atoms with Crippen molar-refractivity contribution in [3.05, 3.63) is 75.8 Å². The Labute approximate surface area is 152 Å². The van der Waals surface area contributed by atoms with Gasteiger partial charge < -0.3 is 5.32 Å². The summed E-state index contributed by atoms with van der Waals surface area (Å²) in [5, 5.41) is 22.1. The van der Waals surface area contributed by atoms with Crippen LogP contribution in [0.4, 0.5) is 5.69 Å². The van der Waals surface area contributed by atoms with Crippen molar-refractivity contribution < 1.29 is 4.92 Å². The molecule has 0 aromatic heterocycles. The summed E-state index contributed by atoms with van der Waals surface area (Å²) in [5.41, 5.74) is 1.44. The fourth-order valence-electron chi connectivity index (χ4n) is 2.55. The first-order valence-corrected chi connectivity index (χ1v) is 8.59. The summed E-state index contributed by atoms with van der Waals surface area (Å²) in [7, 11) is 0. The molecule has 4 rings (SSSR count). The molecular weight excluding hydrogens is 358 g/mol. The number of amidine groups is 1. The zero-order chi connectivity index (χ0) is 17.4. The second-order valence-corrected chi connectivity index (χ2v) is 6.61. The highest BCUT2D eigenvalue weighted by atomic mass is 32.2. The van der Waals surface area contributed by atoms with Crippen LogP contribution in [0.3, 0.4) is 0 Å². The maximum Gasteiger partial charge on any atom is 0.276 e. The molecule has 0 fully saturated rings. The molecule has 0 saturated heterocycles. The molecule has 7 nitrogen and oxygen atoms in total. The molecule has 0 amide bonds. The Balaban J connectivity index is 1.69. The summed E-state index contributed by atoms with van der Waals surface area (Å²) < 4.78 is 0. The van der Waals surface area contributed by atoms with Gasteiger partial charge in [-0.15, -0.1) is 0 Å². The molecule has 124 valence electrons. The fourth-order valence-corrected chi connectivity index (χ4v) is 3.77. The second kappa shape index (κ2) is 6.26. The lowest BCUT2D eigenvalue weighted by Crippen LogP contribution is -2.43. The molecule has 9 heteroatoms. The third-order valence-electron chi connectivity index (χ3n) is 3.70. The minimum Gasteiger partial charge on any atom is -0.335 e. The Kier molecular flexibility index (Phi) is 3.94. The summed E-state index contributed by atoms with van der Waals surface area (Å²) in [6.45, 7) is 0. The van der Waals surface area contributed by atoms with E-state index in [-0.39, 0.29) is 5.69 Å². The molecule has 1 atom stereocenters. The van der Waals surface area contributed by atoms with E-state index < -0.39 is 11.1 Å². The number of nitrogens with one attached hydrogen (secondary N) is 1. The van der Waals surface area contributed by atoms with Gasteiger partial charge in [-0.2, -0.15) is 10.1 Å². The smallest absolute Gasteiger partial charge is 0.276 e. The number of para-hydroxylation sites is 1. The van der Waals surface area contributed by atoms with Gasteiger partial charge in [-0.05, 0) is 30.0 Å². The van der Waals surface area contributed by atoms with Crippen LogP contribution in [0.15, 0.2) is 64.7 Å². The van der Waals surface area contributed by atoms with Gasteiger partial charge in [0, 0.05) is 11.6 Å². The predicted octanol–water partition coefficient (Wildman–Crippen LogP) is 3.25. The molecule has 0 saturated carbocycles. The van der Waals surface area contributed by atoms with Crippen LogP contribution < -0.4 is 5.32 Å². The van der Waals surface area contributed by atoms with Crippen LogP contribution >= 0.6 is 24.0 Å². The van der Waals surface area contributed by atoms with E-state index in [4.69, 9.17) is 12.2 Å². The fraction of sp³-hybridized carbons (Fsp3) is 0.0625. The first-order chi connectivity index (χ1) is 12.1. The number of nitrogens with zero attached hydrogens (tertiary/aromatic N) is 4. The van der Waals surface area contributed by atoms with Gasteiger partial charge in [0.2, 0.25) is 0 Å². The van der Waals surface area contributed by atoms with Gasteiger partial charge in [-0.3, -0.25) is 10.1 Å². The van der Waals surface area contributed by atoms with Crippen LogP contribution in [-0.2, 0) is 0 Å². The van der Waals surface area contributed by atoms with E-state index >= 15 is 0 Å². The average molecular weight is 369 g/mol. The van der Waals surface area contributed by atoms with Gasteiger partial charge in [0.15, 0.2) is 16.4 Å². The molecule has 2 aromatic carbocycles. The van der Waals surface area contributed by atoms with Crippen LogP contribution in [-0.4, -0.2) is 25.3 Å². The summed E-state index contributed by atoms with van der Waals surface area (Å²) in [6, 6.07) is 16.2. The van der Waals surface area contributed by atoms with Crippen LogP contribution in [0.5, 0.6) is 0 Å². The van der Waals surface area contributed by atoms with Crippen LogP contribution in [0.1, 0.15) is 17.3 Å². The molecule has 0 radical (unpaired) electrons. The van der Waals surface area contributed by atoms with Gasteiger partial charge in [-0.1, -0.05) is 42.5 Å². The SMILES string of the molecule is O=[N+]([O-])c1ccccc1C1N=C2SC(c3ccccc3)=NN2C(=S)N1. The van der Waals surface area contributed by atoms with Crippen molar-refractivity contribution in [3.8, 4) is 0 Å². The van der Waals surface area contributed by atoms with E-state index in [0.29, 0.717) is 15.8 Å². The number of hydrogen-bond acceptors (Lipinski definition) is 6. The summed E-state index contributed by atoms with van der Waals surface area (Å²) >= 11 is 6.77. The maximum atomic E-state index is 11.3. The van der Waals surface area contributed by atoms with Gasteiger partial charge >= 0.3 is 0 Å². The molecule has 2 heterocycles. The maximum absolute atomic E-state index is 11.3. The number of hydrogen-bond donors (Lipinski definition) is 1. The van der Waals surface area contributed by atoms with E-state index in [2.05, 4.69) is 15.4 Å². The van der Waals surface area contributed by atoms with Crippen molar-refractivity contribution >= 4 is 45.0 Å². The van der Waals surface area contributed by atoms with Crippen molar-refractivity contribution in [1.29, 1.82) is 0 Å². The number of aliphatic imine (C=N–C) groups is 1. The topological polar surface area (TPSA) is 83.1 Å². The summed E-state index contributed by atoms with van der Waals surface area (Å²) in [6.07, 6.45) is -0.613. The van der Waals surface area contributed by atoms with Crippen molar-refractivity contribution in [1.82, 2.24) is 10.3 Å². The first-order valence-electron chi connectivity index (χ1n) is 7.37. The Morgan fingerprint density at radius 3 is 2.64 bits per heavy atom. The lowest BCUT2D eigenvalue weighted by atomic mass is 10.1. The third-order valence-corrected chi connectivity index (χ3v) is 4.96. The Bertz CT molecular complexity index is 929. The number of fused-ring (bicyclic) bond motifs is 1. The second-order valence-electron chi connectivity index (χ2n) is 5.26. The zero-order valence-electron chi connectivity index (χ0n) is 12.7. The standard InChI is InChI=1S/C16H11N5O2S2/c22-21(23)12-9-5-4-8-11(12)13-17-15(24)20-16(18-13)25-14(19-20)10-6-2-1-3-7-10/h1-9,13H,(H,17,24). The normalized spacial score (nSPS) is 19.0. The minimum absolute atomic E-state index is 0.00722. The van der Waals surface area contributed by atoms with Crippen molar-refractivity contribution in [2.75, 3.05) is 0 Å². The van der Waals surface area contributed by atoms with Crippen LogP contribution in [0, 0.1) is 10.1 Å². The number of benzene rings is 2. The Morgan fingerprint density at radius 1 is 1.16 bits per heavy atom. The Hall–Kier alpha value is -2.78. The van der Waals surface area contributed by atoms with Crippen LogP contribution in [0.25, 0.3) is 0 Å². The highest BCUT2D eigenvalue weighted by Crippen LogP contribution is 2.33. The third kappa shape index (κ3) is 2.87. The monoisotopic (exact) mass is 369 g/mol. The number of thiocarbonyl (C=S) groups is 1. The summed E-state index contributed by atoms with van der Waals surface area (Å²) in [4.78, 5) is 15.4. The quantitative estimate of drug-likeness (QED) is 0.508. The van der Waals surface area contributed by atoms with Gasteiger partial charge in [0.25, 0.3) is 5.69 Å². The Morgan fingerprint density at radius 2 is 1.88 bits per heavy atom. The molecule has 2 aromatic rings. The largest absolute Gasteiger partial charge is 0.335 e. The zero-order valence-corrected chi connectivity index (χ0v) is 14.3. The molecule has 0 spiro atoms. The van der Waals surface area contributed by atoms with E-state index in [9.17, 15) is 10.1 Å². The highest BCUT2D eigenvalue weighted by Gasteiger charge is 2.35. The van der Waals surface area contributed by atoms with Gasteiger partial charge in [0.05, 0.1) is 10.5 Å². The molecule has 0 aliphatic carbocycles. The molecule has 2 aliphatic rings. The number of nitro benzene ring substituents is 1. The minimum atomic E-state index is -0.613. The van der Waals surface area contributed by atoms with E-state index in [1.165, 1.54) is 17.8 Å². The summed E-state index contributed by atoms with van der Waals surface area (Å²) in [5.74, 6) is 0. The number of hydrazone groups is 1. The molecule has 1 unspecified atom stereocenters. The van der Waals surface area contributed by atoms with E-state index in [1.807, 2.05) is 30.3 Å². The van der Waals surface area contributed by atoms with Gasteiger partial charge in [0.1, 0.15) is 5.04 Å². The van der Waals surface area contributed by atoms with Crippen molar-refractivity contribution in [2.45, 2.75) is 6.17 Å². The van der Waals surface area contributed by atoms with E-state index in [0.717, 1.165) is 10.6 Å². The van der Waals surface area contributed by atoms with Crippen molar-refractivity contribution in [2.24, 2.45) is 10.1 Å². The molecule has 2 aliphatic heterocycles. The first kappa shape index (κ1) is 15.7. The predicted molar refractivity (Wildman–Crippen MR) is 101 cm³/mol. The molecule has 25 heavy (non-hydrogen) atoms.